The first kappa shape index (κ1) is 8.78. The molecule has 0 spiro atoms. The summed E-state index contributed by atoms with van der Waals surface area (Å²) in [7, 11) is 0. The molecule has 0 aliphatic heterocycles. The Labute approximate surface area is 75.6 Å². The summed E-state index contributed by atoms with van der Waals surface area (Å²) >= 11 is 3.52. The highest BCUT2D eigenvalue weighted by molar-refractivity contribution is 9.09. The number of nitrogens with zero attached hydrogens (tertiary/aromatic N) is 1. The van der Waals surface area contributed by atoms with E-state index in [0.717, 1.165) is 12.2 Å². The normalized spacial score (nSPS) is 16.3. The molecule has 2 unspecified atom stereocenters. The molecule has 0 bridgehead atoms. The van der Waals surface area contributed by atoms with Gasteiger partial charge < -0.3 is 4.98 Å². The Morgan fingerprint density at radius 2 is 2.36 bits per heavy atom. The molecule has 11 heavy (non-hydrogen) atoms. The summed E-state index contributed by atoms with van der Waals surface area (Å²) < 4.78 is 0. The lowest BCUT2D eigenvalue weighted by Crippen LogP contribution is -2.01. The van der Waals surface area contributed by atoms with Crippen molar-refractivity contribution < 1.29 is 0 Å². The van der Waals surface area contributed by atoms with Crippen molar-refractivity contribution in [3.05, 3.63) is 18.2 Å². The third kappa shape index (κ3) is 2.66. The van der Waals surface area contributed by atoms with Crippen LogP contribution < -0.4 is 0 Å². The predicted molar refractivity (Wildman–Crippen MR) is 50.0 cm³/mol. The van der Waals surface area contributed by atoms with Crippen molar-refractivity contribution in [3.63, 3.8) is 0 Å². The molecule has 1 N–H and O–H groups in total. The smallest absolute Gasteiger partial charge is 0.108 e. The average molecular weight is 217 g/mol. The van der Waals surface area contributed by atoms with E-state index in [1.807, 2.05) is 6.20 Å². The fourth-order valence-corrected chi connectivity index (χ4v) is 1.71. The number of aromatic nitrogens is 2. The van der Waals surface area contributed by atoms with E-state index in [1.165, 1.54) is 0 Å². The quantitative estimate of drug-likeness (QED) is 0.774. The average Bonchev–Trinajstić information content (AvgIpc) is 2.35. The van der Waals surface area contributed by atoms with Gasteiger partial charge in [0.05, 0.1) is 0 Å². The SMILES string of the molecule is CC(Br)CC(C)c1ncc[nH]1. The van der Waals surface area contributed by atoms with Crippen LogP contribution in [0.2, 0.25) is 0 Å². The standard InChI is InChI=1S/C8H13BrN2/c1-6(5-7(2)9)8-10-3-4-11-8/h3-4,6-7H,5H2,1-2H3,(H,10,11). The van der Waals surface area contributed by atoms with E-state index < -0.39 is 0 Å². The van der Waals surface area contributed by atoms with Gasteiger partial charge in [0.25, 0.3) is 0 Å². The van der Waals surface area contributed by atoms with E-state index in [9.17, 15) is 0 Å². The highest BCUT2D eigenvalue weighted by atomic mass is 79.9. The van der Waals surface area contributed by atoms with Crippen LogP contribution >= 0.6 is 15.9 Å². The lowest BCUT2D eigenvalue weighted by atomic mass is 10.1. The zero-order valence-electron chi connectivity index (χ0n) is 6.84. The monoisotopic (exact) mass is 216 g/mol. The van der Waals surface area contributed by atoms with Gasteiger partial charge in [-0.15, -0.1) is 0 Å². The molecule has 0 saturated carbocycles. The third-order valence-electron chi connectivity index (χ3n) is 1.66. The highest BCUT2D eigenvalue weighted by Gasteiger charge is 2.09. The number of hydrogen-bond acceptors (Lipinski definition) is 1. The fourth-order valence-electron chi connectivity index (χ4n) is 1.15. The van der Waals surface area contributed by atoms with Gasteiger partial charge in [-0.1, -0.05) is 29.8 Å². The zero-order chi connectivity index (χ0) is 8.27. The largest absolute Gasteiger partial charge is 0.348 e. The van der Waals surface area contributed by atoms with Crippen molar-refractivity contribution in [1.29, 1.82) is 0 Å². The molecule has 0 amide bonds. The molecule has 0 aliphatic carbocycles. The number of rotatable bonds is 3. The second kappa shape index (κ2) is 3.90. The minimum Gasteiger partial charge on any atom is -0.348 e. The molecule has 0 aliphatic rings. The van der Waals surface area contributed by atoms with Crippen LogP contribution in [0.4, 0.5) is 0 Å². The summed E-state index contributed by atoms with van der Waals surface area (Å²) in [5.74, 6) is 1.59. The number of imidazole rings is 1. The summed E-state index contributed by atoms with van der Waals surface area (Å²) in [5, 5.41) is 0. The second-order valence-corrected chi connectivity index (χ2v) is 4.46. The summed E-state index contributed by atoms with van der Waals surface area (Å²) in [5.41, 5.74) is 0. The lowest BCUT2D eigenvalue weighted by molar-refractivity contribution is 0.648. The second-order valence-electron chi connectivity index (χ2n) is 2.89. The lowest BCUT2D eigenvalue weighted by Gasteiger charge is -2.09. The Morgan fingerprint density at radius 1 is 1.64 bits per heavy atom. The Bertz CT molecular complexity index is 194. The van der Waals surface area contributed by atoms with Gasteiger partial charge in [0.15, 0.2) is 0 Å². The molecule has 2 nitrogen and oxygen atoms in total. The van der Waals surface area contributed by atoms with E-state index in [1.54, 1.807) is 6.20 Å². The number of hydrogen-bond donors (Lipinski definition) is 1. The van der Waals surface area contributed by atoms with E-state index in [4.69, 9.17) is 0 Å². The van der Waals surface area contributed by atoms with Crippen molar-refractivity contribution in [2.24, 2.45) is 0 Å². The Hall–Kier alpha value is -0.310. The molecule has 0 aromatic carbocycles. The first-order valence-electron chi connectivity index (χ1n) is 3.83. The molecule has 0 radical (unpaired) electrons. The molecular formula is C8H13BrN2. The maximum Gasteiger partial charge on any atom is 0.108 e. The van der Waals surface area contributed by atoms with Crippen molar-refractivity contribution in [2.75, 3.05) is 0 Å². The van der Waals surface area contributed by atoms with Gasteiger partial charge >= 0.3 is 0 Å². The third-order valence-corrected chi connectivity index (χ3v) is 2.04. The van der Waals surface area contributed by atoms with Crippen LogP contribution in [0.1, 0.15) is 32.0 Å². The number of halogens is 1. The van der Waals surface area contributed by atoms with E-state index in [-0.39, 0.29) is 0 Å². The van der Waals surface area contributed by atoms with Gasteiger partial charge in [0.2, 0.25) is 0 Å². The molecule has 62 valence electrons. The highest BCUT2D eigenvalue weighted by Crippen LogP contribution is 2.19. The zero-order valence-corrected chi connectivity index (χ0v) is 8.43. The molecule has 0 saturated heterocycles. The minimum atomic E-state index is 0.513. The first-order valence-corrected chi connectivity index (χ1v) is 4.75. The van der Waals surface area contributed by atoms with Gasteiger partial charge in [-0.3, -0.25) is 0 Å². The molecule has 1 rings (SSSR count). The van der Waals surface area contributed by atoms with Crippen LogP contribution in [0.25, 0.3) is 0 Å². The summed E-state index contributed by atoms with van der Waals surface area (Å²) in [6.45, 7) is 4.33. The van der Waals surface area contributed by atoms with Crippen LogP contribution in [0.15, 0.2) is 12.4 Å². The van der Waals surface area contributed by atoms with Gasteiger partial charge in [0.1, 0.15) is 5.82 Å². The van der Waals surface area contributed by atoms with E-state index in [2.05, 4.69) is 39.7 Å². The van der Waals surface area contributed by atoms with Crippen LogP contribution in [0.5, 0.6) is 0 Å². The molecule has 1 aromatic heterocycles. The molecule has 1 aromatic rings. The van der Waals surface area contributed by atoms with Crippen molar-refractivity contribution in [1.82, 2.24) is 9.97 Å². The van der Waals surface area contributed by atoms with E-state index >= 15 is 0 Å². The summed E-state index contributed by atoms with van der Waals surface area (Å²) in [6.07, 6.45) is 4.78. The van der Waals surface area contributed by atoms with Crippen LogP contribution in [0, 0.1) is 0 Å². The maximum atomic E-state index is 4.19. The van der Waals surface area contributed by atoms with Crippen molar-refractivity contribution >= 4 is 15.9 Å². The van der Waals surface area contributed by atoms with Gasteiger partial charge in [0, 0.05) is 23.1 Å². The molecule has 2 atom stereocenters. The van der Waals surface area contributed by atoms with E-state index in [0.29, 0.717) is 10.7 Å². The van der Waals surface area contributed by atoms with Crippen LogP contribution in [0.3, 0.4) is 0 Å². The molecule has 1 heterocycles. The summed E-state index contributed by atoms with van der Waals surface area (Å²) in [4.78, 5) is 7.86. The molecule has 0 fully saturated rings. The Morgan fingerprint density at radius 3 is 2.82 bits per heavy atom. The Kier molecular flexibility index (Phi) is 3.12. The maximum absolute atomic E-state index is 4.19. The van der Waals surface area contributed by atoms with Gasteiger partial charge in [-0.25, -0.2) is 4.98 Å². The minimum absolute atomic E-state index is 0.513. The number of alkyl halides is 1. The number of H-pyrrole nitrogens is 1. The predicted octanol–water partition coefficient (Wildman–Crippen LogP) is 2.69. The molecular weight excluding hydrogens is 204 g/mol. The topological polar surface area (TPSA) is 28.7 Å². The van der Waals surface area contributed by atoms with Gasteiger partial charge in [-0.05, 0) is 6.42 Å². The van der Waals surface area contributed by atoms with Crippen LogP contribution in [-0.4, -0.2) is 14.8 Å². The molecule has 3 heteroatoms. The number of aromatic amines is 1. The van der Waals surface area contributed by atoms with Gasteiger partial charge in [-0.2, -0.15) is 0 Å². The first-order chi connectivity index (χ1) is 5.20. The summed E-state index contributed by atoms with van der Waals surface area (Å²) in [6, 6.07) is 0. The fraction of sp³-hybridized carbons (Fsp3) is 0.625. The van der Waals surface area contributed by atoms with Crippen molar-refractivity contribution in [2.45, 2.75) is 31.0 Å². The Balaban J connectivity index is 2.49. The number of nitrogens with one attached hydrogen (secondary N) is 1. The van der Waals surface area contributed by atoms with Crippen LogP contribution in [-0.2, 0) is 0 Å². The van der Waals surface area contributed by atoms with Crippen molar-refractivity contribution in [3.8, 4) is 0 Å².